The predicted molar refractivity (Wildman–Crippen MR) is 89.1 cm³/mol. The van der Waals surface area contributed by atoms with Crippen molar-refractivity contribution in [3.63, 3.8) is 0 Å². The second-order valence-corrected chi connectivity index (χ2v) is 6.43. The summed E-state index contributed by atoms with van der Waals surface area (Å²) in [6.07, 6.45) is 2.65. The molecule has 22 heavy (non-hydrogen) atoms. The summed E-state index contributed by atoms with van der Waals surface area (Å²) in [5.74, 6) is 0.764. The summed E-state index contributed by atoms with van der Waals surface area (Å²) in [6.45, 7) is 7.41. The molecule has 2 heteroatoms. The van der Waals surface area contributed by atoms with Gasteiger partial charge in [0.15, 0.2) is 0 Å². The van der Waals surface area contributed by atoms with Gasteiger partial charge < -0.3 is 16.9 Å². The van der Waals surface area contributed by atoms with E-state index in [9.17, 15) is 0 Å². The van der Waals surface area contributed by atoms with Gasteiger partial charge in [0.05, 0.1) is 19.6 Å². The molecule has 1 aliphatic heterocycles. The first kappa shape index (κ1) is 17.1. The average Bonchev–Trinajstić information content (AvgIpc) is 2.57. The van der Waals surface area contributed by atoms with Crippen molar-refractivity contribution in [2.24, 2.45) is 0 Å². The predicted octanol–water partition coefficient (Wildman–Crippen LogP) is 1.60. The number of hydrogen-bond acceptors (Lipinski definition) is 0. The smallest absolute Gasteiger partial charge is 0.104 e. The third-order valence-electron chi connectivity index (χ3n) is 5.21. The molecule has 2 aromatic rings. The molecule has 1 heterocycles. The van der Waals surface area contributed by atoms with Crippen molar-refractivity contribution < 1.29 is 16.9 Å². The van der Waals surface area contributed by atoms with Crippen LogP contribution in [-0.4, -0.2) is 24.1 Å². The van der Waals surface area contributed by atoms with Gasteiger partial charge in [0.2, 0.25) is 0 Å². The molecule has 1 fully saturated rings. The highest BCUT2D eigenvalue weighted by molar-refractivity contribution is 5.20. The van der Waals surface area contributed by atoms with E-state index in [0.717, 1.165) is 5.92 Å². The van der Waals surface area contributed by atoms with Crippen molar-refractivity contribution in [1.82, 2.24) is 0 Å². The molecule has 0 radical (unpaired) electrons. The molecule has 0 amide bonds. The third kappa shape index (κ3) is 3.91. The summed E-state index contributed by atoms with van der Waals surface area (Å²) >= 11 is 0. The molecule has 0 aromatic heterocycles. The minimum atomic E-state index is 0. The minimum absolute atomic E-state index is 0. The van der Waals surface area contributed by atoms with E-state index >= 15 is 0 Å². The lowest BCUT2D eigenvalue weighted by atomic mass is 9.88. The fourth-order valence-electron chi connectivity index (χ4n) is 3.73. The zero-order valence-corrected chi connectivity index (χ0v) is 14.2. The van der Waals surface area contributed by atoms with E-state index in [0.29, 0.717) is 0 Å². The average molecular weight is 316 g/mol. The fourth-order valence-corrected chi connectivity index (χ4v) is 3.73. The van der Waals surface area contributed by atoms with E-state index in [4.69, 9.17) is 0 Å². The Hall–Kier alpha value is -1.31. The molecule has 2 aromatic carbocycles. The SMILES string of the molecule is CC[N+]1(Cc2ccccc2)CCC(c2ccccc2)CC1.[Cl-]. The molecule has 0 spiro atoms. The first-order chi connectivity index (χ1) is 10.3. The van der Waals surface area contributed by atoms with Gasteiger partial charge >= 0.3 is 0 Å². The van der Waals surface area contributed by atoms with Crippen LogP contribution in [0.1, 0.15) is 36.8 Å². The molecule has 118 valence electrons. The Kier molecular flexibility index (Phi) is 6.05. The number of piperidine rings is 1. The summed E-state index contributed by atoms with van der Waals surface area (Å²) in [7, 11) is 0. The highest BCUT2D eigenvalue weighted by Gasteiger charge is 2.33. The molecule has 1 aliphatic rings. The summed E-state index contributed by atoms with van der Waals surface area (Å²) in [5, 5.41) is 0. The van der Waals surface area contributed by atoms with Crippen LogP contribution in [0, 0.1) is 0 Å². The molecule has 0 bridgehead atoms. The topological polar surface area (TPSA) is 0 Å². The summed E-state index contributed by atoms with van der Waals surface area (Å²) in [5.41, 5.74) is 3.02. The van der Waals surface area contributed by atoms with Crippen LogP contribution in [0.3, 0.4) is 0 Å². The first-order valence-corrected chi connectivity index (χ1v) is 8.25. The van der Waals surface area contributed by atoms with Gasteiger partial charge in [-0.15, -0.1) is 0 Å². The zero-order chi connectivity index (χ0) is 14.5. The molecule has 0 unspecified atom stereocenters. The zero-order valence-electron chi connectivity index (χ0n) is 13.4. The van der Waals surface area contributed by atoms with E-state index in [2.05, 4.69) is 67.6 Å². The largest absolute Gasteiger partial charge is 1.00 e. The van der Waals surface area contributed by atoms with Gasteiger partial charge in [-0.05, 0) is 18.4 Å². The molecule has 1 nitrogen and oxygen atoms in total. The molecule has 0 atom stereocenters. The van der Waals surface area contributed by atoms with Crippen LogP contribution in [0.5, 0.6) is 0 Å². The molecule has 0 N–H and O–H groups in total. The normalized spacial score (nSPS) is 24.5. The van der Waals surface area contributed by atoms with Crippen LogP contribution in [0.25, 0.3) is 0 Å². The molecule has 3 rings (SSSR count). The van der Waals surface area contributed by atoms with Gasteiger partial charge in [0.1, 0.15) is 6.54 Å². The molecule has 0 saturated carbocycles. The Labute approximate surface area is 141 Å². The van der Waals surface area contributed by atoms with Gasteiger partial charge in [-0.3, -0.25) is 0 Å². The first-order valence-electron chi connectivity index (χ1n) is 8.25. The highest BCUT2D eigenvalue weighted by Crippen LogP contribution is 2.32. The highest BCUT2D eigenvalue weighted by atomic mass is 35.5. The Morgan fingerprint density at radius 1 is 0.864 bits per heavy atom. The summed E-state index contributed by atoms with van der Waals surface area (Å²) in [4.78, 5) is 0. The number of nitrogens with zero attached hydrogens (tertiary/aromatic N) is 1. The van der Waals surface area contributed by atoms with Crippen molar-refractivity contribution >= 4 is 0 Å². The van der Waals surface area contributed by atoms with E-state index in [1.807, 2.05) is 0 Å². The quantitative estimate of drug-likeness (QED) is 0.752. The second-order valence-electron chi connectivity index (χ2n) is 6.43. The molecule has 0 aliphatic carbocycles. The summed E-state index contributed by atoms with van der Waals surface area (Å²) in [6, 6.07) is 22.1. The van der Waals surface area contributed by atoms with Gasteiger partial charge in [0.25, 0.3) is 0 Å². The van der Waals surface area contributed by atoms with Crippen molar-refractivity contribution in [3.05, 3.63) is 71.8 Å². The van der Waals surface area contributed by atoms with Crippen molar-refractivity contribution in [3.8, 4) is 0 Å². The summed E-state index contributed by atoms with van der Waals surface area (Å²) < 4.78 is 1.26. The number of hydrogen-bond donors (Lipinski definition) is 0. The number of halogens is 1. The van der Waals surface area contributed by atoms with E-state index in [1.54, 1.807) is 0 Å². The lowest BCUT2D eigenvalue weighted by Crippen LogP contribution is -3.00. The van der Waals surface area contributed by atoms with Crippen LogP contribution >= 0.6 is 0 Å². The van der Waals surface area contributed by atoms with Crippen LogP contribution < -0.4 is 12.4 Å². The van der Waals surface area contributed by atoms with Gasteiger partial charge in [-0.1, -0.05) is 60.7 Å². The molecular formula is C20H26ClN. The van der Waals surface area contributed by atoms with Crippen LogP contribution in [0.4, 0.5) is 0 Å². The standard InChI is InChI=1S/C20H26N.ClH/c1-2-21(17-18-9-5-3-6-10-18)15-13-20(14-16-21)19-11-7-4-8-12-19;/h3-12,20H,2,13-17H2,1H3;1H/q+1;/p-1. The van der Waals surface area contributed by atoms with Crippen LogP contribution in [0.15, 0.2) is 60.7 Å². The van der Waals surface area contributed by atoms with E-state index in [1.165, 1.54) is 54.6 Å². The lowest BCUT2D eigenvalue weighted by Gasteiger charge is -2.43. The Morgan fingerprint density at radius 3 is 1.95 bits per heavy atom. The maximum Gasteiger partial charge on any atom is 0.104 e. The Morgan fingerprint density at radius 2 is 1.41 bits per heavy atom. The van der Waals surface area contributed by atoms with E-state index < -0.39 is 0 Å². The Bertz CT molecular complexity index is 544. The van der Waals surface area contributed by atoms with Gasteiger partial charge in [0, 0.05) is 18.4 Å². The third-order valence-corrected chi connectivity index (χ3v) is 5.21. The van der Waals surface area contributed by atoms with Gasteiger partial charge in [-0.2, -0.15) is 0 Å². The number of benzene rings is 2. The van der Waals surface area contributed by atoms with Crippen molar-refractivity contribution in [2.45, 2.75) is 32.2 Å². The Balaban J connectivity index is 0.00000176. The second kappa shape index (κ2) is 7.80. The monoisotopic (exact) mass is 315 g/mol. The van der Waals surface area contributed by atoms with Crippen molar-refractivity contribution in [2.75, 3.05) is 19.6 Å². The maximum absolute atomic E-state index is 2.35. The maximum atomic E-state index is 2.35. The number of likely N-dealkylation sites (tertiary alicyclic amines) is 1. The lowest BCUT2D eigenvalue weighted by molar-refractivity contribution is -0.944. The van der Waals surface area contributed by atoms with E-state index in [-0.39, 0.29) is 12.4 Å². The molecule has 1 saturated heterocycles. The van der Waals surface area contributed by atoms with Gasteiger partial charge in [-0.25, -0.2) is 0 Å². The van der Waals surface area contributed by atoms with Crippen LogP contribution in [0.2, 0.25) is 0 Å². The fraction of sp³-hybridized carbons (Fsp3) is 0.400. The number of quaternary nitrogens is 1. The minimum Gasteiger partial charge on any atom is -1.00 e. The number of rotatable bonds is 4. The van der Waals surface area contributed by atoms with Crippen LogP contribution in [-0.2, 0) is 6.54 Å². The molecular weight excluding hydrogens is 290 g/mol. The van der Waals surface area contributed by atoms with Crippen molar-refractivity contribution in [1.29, 1.82) is 0 Å².